The van der Waals surface area contributed by atoms with Gasteiger partial charge in [-0.15, -0.1) is 0 Å². The van der Waals surface area contributed by atoms with Crippen molar-refractivity contribution in [2.45, 2.75) is 19.6 Å². The fourth-order valence-corrected chi connectivity index (χ4v) is 3.35. The second kappa shape index (κ2) is 12.7. The van der Waals surface area contributed by atoms with Crippen molar-refractivity contribution in [3.8, 4) is 11.5 Å². The van der Waals surface area contributed by atoms with Gasteiger partial charge in [0, 0.05) is 10.9 Å². The standard InChI is InChI=1S/C27H27ClO5/c1-20(7-6-18-31-27(29)33-25-16-14-24(30-2)15-17-25)26(22-10-12-23(28)13-11-22)32-19-21-8-4-3-5-9-21/h3-17,20,26H,18-19H2,1-2H3/b7-6+/t20-,26+/m0/s1. The highest BCUT2D eigenvalue weighted by atomic mass is 35.5. The second-order valence-corrected chi connectivity index (χ2v) is 7.83. The van der Waals surface area contributed by atoms with Gasteiger partial charge in [-0.05, 0) is 47.5 Å². The third kappa shape index (κ3) is 7.97. The number of carbonyl (C=O) groups excluding carboxylic acids is 1. The molecule has 0 amide bonds. The Balaban J connectivity index is 1.55. The first-order valence-corrected chi connectivity index (χ1v) is 11.0. The van der Waals surface area contributed by atoms with Crippen molar-refractivity contribution in [2.75, 3.05) is 13.7 Å². The molecule has 0 saturated heterocycles. The zero-order chi connectivity index (χ0) is 23.5. The number of carbonyl (C=O) groups is 1. The van der Waals surface area contributed by atoms with Crippen molar-refractivity contribution in [1.29, 1.82) is 0 Å². The molecule has 6 heteroatoms. The lowest BCUT2D eigenvalue weighted by atomic mass is 9.96. The third-order valence-electron chi connectivity index (χ3n) is 4.95. The number of ether oxygens (including phenoxy) is 4. The maximum absolute atomic E-state index is 11.9. The van der Waals surface area contributed by atoms with Crippen molar-refractivity contribution in [2.24, 2.45) is 5.92 Å². The van der Waals surface area contributed by atoms with Crippen LogP contribution >= 0.6 is 11.6 Å². The van der Waals surface area contributed by atoms with Crippen LogP contribution in [-0.2, 0) is 16.1 Å². The summed E-state index contributed by atoms with van der Waals surface area (Å²) in [6.45, 7) is 2.62. The molecule has 3 aromatic carbocycles. The van der Waals surface area contributed by atoms with Gasteiger partial charge in [0.15, 0.2) is 0 Å². The fraction of sp³-hybridized carbons (Fsp3) is 0.222. The fourth-order valence-electron chi connectivity index (χ4n) is 3.22. The first kappa shape index (κ1) is 24.4. The van der Waals surface area contributed by atoms with E-state index in [-0.39, 0.29) is 18.6 Å². The van der Waals surface area contributed by atoms with E-state index in [0.717, 1.165) is 11.1 Å². The number of hydrogen-bond donors (Lipinski definition) is 0. The van der Waals surface area contributed by atoms with Crippen LogP contribution in [0.2, 0.25) is 5.02 Å². The molecule has 0 radical (unpaired) electrons. The highest BCUT2D eigenvalue weighted by Gasteiger charge is 2.18. The Morgan fingerprint density at radius 3 is 2.27 bits per heavy atom. The minimum Gasteiger partial charge on any atom is -0.497 e. The van der Waals surface area contributed by atoms with Crippen LogP contribution in [0.15, 0.2) is 91.0 Å². The van der Waals surface area contributed by atoms with Crippen LogP contribution in [0.3, 0.4) is 0 Å². The lowest BCUT2D eigenvalue weighted by Crippen LogP contribution is -2.13. The summed E-state index contributed by atoms with van der Waals surface area (Å²) >= 11 is 6.05. The van der Waals surface area contributed by atoms with Gasteiger partial charge in [-0.2, -0.15) is 0 Å². The molecule has 0 fully saturated rings. The Morgan fingerprint density at radius 2 is 1.61 bits per heavy atom. The molecule has 0 saturated carbocycles. The molecule has 0 spiro atoms. The molecule has 0 aromatic heterocycles. The van der Waals surface area contributed by atoms with E-state index in [9.17, 15) is 4.79 Å². The van der Waals surface area contributed by atoms with Crippen LogP contribution in [-0.4, -0.2) is 19.9 Å². The maximum Gasteiger partial charge on any atom is 0.514 e. The minimum absolute atomic E-state index is 0.0242. The third-order valence-corrected chi connectivity index (χ3v) is 5.20. The van der Waals surface area contributed by atoms with Gasteiger partial charge in [0.25, 0.3) is 0 Å². The van der Waals surface area contributed by atoms with E-state index in [0.29, 0.717) is 23.1 Å². The molecule has 0 aliphatic rings. The maximum atomic E-state index is 11.9. The first-order chi connectivity index (χ1) is 16.0. The Hall–Kier alpha value is -3.28. The summed E-state index contributed by atoms with van der Waals surface area (Å²) in [5, 5.41) is 0.674. The molecule has 0 aliphatic carbocycles. The van der Waals surface area contributed by atoms with E-state index in [1.165, 1.54) is 0 Å². The quantitative estimate of drug-likeness (QED) is 0.182. The van der Waals surface area contributed by atoms with E-state index >= 15 is 0 Å². The van der Waals surface area contributed by atoms with Gasteiger partial charge in [0.05, 0.1) is 19.8 Å². The molecular formula is C27H27ClO5. The largest absolute Gasteiger partial charge is 0.514 e. The van der Waals surface area contributed by atoms with Crippen LogP contribution in [0.4, 0.5) is 4.79 Å². The smallest absolute Gasteiger partial charge is 0.497 e. The van der Waals surface area contributed by atoms with Crippen LogP contribution in [0.1, 0.15) is 24.2 Å². The summed E-state index contributed by atoms with van der Waals surface area (Å²) in [5.41, 5.74) is 2.12. The van der Waals surface area contributed by atoms with Gasteiger partial charge in [0.1, 0.15) is 18.1 Å². The summed E-state index contributed by atoms with van der Waals surface area (Å²) in [6.07, 6.45) is 2.79. The Bertz CT molecular complexity index is 1020. The Morgan fingerprint density at radius 1 is 0.939 bits per heavy atom. The highest BCUT2D eigenvalue weighted by molar-refractivity contribution is 6.30. The van der Waals surface area contributed by atoms with E-state index in [1.54, 1.807) is 37.5 Å². The molecule has 0 N–H and O–H groups in total. The van der Waals surface area contributed by atoms with Crippen molar-refractivity contribution < 1.29 is 23.7 Å². The SMILES string of the molecule is COc1ccc(OC(=O)OC/C=C/[C@H](C)[C@@H](OCc2ccccc2)c2ccc(Cl)cc2)cc1. The van der Waals surface area contributed by atoms with Gasteiger partial charge < -0.3 is 18.9 Å². The van der Waals surface area contributed by atoms with Crippen molar-refractivity contribution in [1.82, 2.24) is 0 Å². The van der Waals surface area contributed by atoms with Gasteiger partial charge in [-0.25, -0.2) is 4.79 Å². The minimum atomic E-state index is -0.771. The molecule has 0 unspecified atom stereocenters. The van der Waals surface area contributed by atoms with Crippen molar-refractivity contribution in [3.63, 3.8) is 0 Å². The summed E-state index contributed by atoms with van der Waals surface area (Å²) in [7, 11) is 1.57. The number of rotatable bonds is 10. The number of hydrogen-bond acceptors (Lipinski definition) is 5. The van der Waals surface area contributed by atoms with E-state index in [4.69, 9.17) is 30.5 Å². The predicted molar refractivity (Wildman–Crippen MR) is 129 cm³/mol. The van der Waals surface area contributed by atoms with Crippen LogP contribution < -0.4 is 9.47 Å². The lowest BCUT2D eigenvalue weighted by molar-refractivity contribution is 0.0163. The van der Waals surface area contributed by atoms with Crippen molar-refractivity contribution in [3.05, 3.63) is 107 Å². The zero-order valence-corrected chi connectivity index (χ0v) is 19.4. The Kier molecular flexibility index (Phi) is 9.36. The summed E-state index contributed by atoms with van der Waals surface area (Å²) in [4.78, 5) is 11.9. The zero-order valence-electron chi connectivity index (χ0n) is 18.6. The second-order valence-electron chi connectivity index (χ2n) is 7.39. The van der Waals surface area contributed by atoms with Gasteiger partial charge in [-0.3, -0.25) is 0 Å². The van der Waals surface area contributed by atoms with Gasteiger partial charge in [-0.1, -0.05) is 73.1 Å². The first-order valence-electron chi connectivity index (χ1n) is 10.6. The molecule has 5 nitrogen and oxygen atoms in total. The highest BCUT2D eigenvalue weighted by Crippen LogP contribution is 2.29. The Labute approximate surface area is 199 Å². The number of halogens is 1. The van der Waals surface area contributed by atoms with Crippen LogP contribution in [0.25, 0.3) is 0 Å². The predicted octanol–water partition coefficient (Wildman–Crippen LogP) is 7.01. The molecule has 33 heavy (non-hydrogen) atoms. The molecule has 0 bridgehead atoms. The lowest BCUT2D eigenvalue weighted by Gasteiger charge is -2.23. The molecular weight excluding hydrogens is 440 g/mol. The van der Waals surface area contributed by atoms with E-state index in [2.05, 4.69) is 6.92 Å². The van der Waals surface area contributed by atoms with Crippen LogP contribution in [0, 0.1) is 5.92 Å². The molecule has 2 atom stereocenters. The molecule has 3 aromatic rings. The van der Waals surface area contributed by atoms with Gasteiger partial charge >= 0.3 is 6.16 Å². The number of benzene rings is 3. The molecule has 3 rings (SSSR count). The average molecular weight is 467 g/mol. The van der Waals surface area contributed by atoms with Crippen LogP contribution in [0.5, 0.6) is 11.5 Å². The monoisotopic (exact) mass is 466 g/mol. The van der Waals surface area contributed by atoms with Crippen molar-refractivity contribution >= 4 is 17.8 Å². The van der Waals surface area contributed by atoms with E-state index < -0.39 is 6.16 Å². The summed E-state index contributed by atoms with van der Waals surface area (Å²) in [6, 6.07) is 24.3. The van der Waals surface area contributed by atoms with E-state index in [1.807, 2.05) is 60.7 Å². The summed E-state index contributed by atoms with van der Waals surface area (Å²) < 4.78 is 21.6. The summed E-state index contributed by atoms with van der Waals surface area (Å²) in [5.74, 6) is 1.09. The molecule has 0 heterocycles. The van der Waals surface area contributed by atoms with Gasteiger partial charge in [0.2, 0.25) is 0 Å². The number of methoxy groups -OCH3 is 1. The molecule has 0 aliphatic heterocycles. The normalized spacial score (nSPS) is 12.8. The topological polar surface area (TPSA) is 54.0 Å². The molecule has 172 valence electrons. The average Bonchev–Trinajstić information content (AvgIpc) is 2.84.